The van der Waals surface area contributed by atoms with Crippen molar-refractivity contribution in [3.05, 3.63) is 24.0 Å². The molecule has 3 rings (SSSR count). The first-order valence-corrected chi connectivity index (χ1v) is 8.17. The van der Waals surface area contributed by atoms with Crippen LogP contribution in [-0.2, 0) is 11.2 Å². The van der Waals surface area contributed by atoms with E-state index in [4.69, 9.17) is 0 Å². The smallest absolute Gasteiger partial charge is 0.317 e. The molecule has 2 N–H and O–H groups in total. The summed E-state index contributed by atoms with van der Waals surface area (Å²) in [6.07, 6.45) is 8.73. The molecule has 0 atom stereocenters. The average Bonchev–Trinajstić information content (AvgIpc) is 3.21. The predicted octanol–water partition coefficient (Wildman–Crippen LogP) is 1.35. The first-order chi connectivity index (χ1) is 10.7. The average molecular weight is 304 g/mol. The van der Waals surface area contributed by atoms with Crippen LogP contribution in [-0.4, -0.2) is 58.9 Å². The third-order valence-corrected chi connectivity index (χ3v) is 4.62. The van der Waals surface area contributed by atoms with Gasteiger partial charge in [-0.25, -0.2) is 4.79 Å². The molecule has 1 aromatic heterocycles. The van der Waals surface area contributed by atoms with Gasteiger partial charge in [0.25, 0.3) is 0 Å². The van der Waals surface area contributed by atoms with E-state index in [0.29, 0.717) is 38.6 Å². The highest BCUT2D eigenvalue weighted by Gasteiger charge is 2.26. The van der Waals surface area contributed by atoms with Crippen molar-refractivity contribution in [1.82, 2.24) is 20.1 Å². The molecule has 0 spiro atoms. The van der Waals surface area contributed by atoms with Crippen LogP contribution in [0.25, 0.3) is 0 Å². The highest BCUT2D eigenvalue weighted by molar-refractivity contribution is 5.79. The van der Waals surface area contributed by atoms with Gasteiger partial charge < -0.3 is 20.1 Å². The van der Waals surface area contributed by atoms with E-state index >= 15 is 0 Å². The summed E-state index contributed by atoms with van der Waals surface area (Å²) >= 11 is 0. The van der Waals surface area contributed by atoms with E-state index in [1.165, 1.54) is 12.8 Å². The molecule has 3 amide bonds. The van der Waals surface area contributed by atoms with Crippen molar-refractivity contribution < 1.29 is 9.59 Å². The number of aromatic amines is 1. The van der Waals surface area contributed by atoms with Crippen molar-refractivity contribution in [3.8, 4) is 0 Å². The van der Waals surface area contributed by atoms with Gasteiger partial charge in [-0.15, -0.1) is 0 Å². The molecular weight excluding hydrogens is 280 g/mol. The van der Waals surface area contributed by atoms with Crippen molar-refractivity contribution in [2.45, 2.75) is 38.1 Å². The molecule has 1 aliphatic heterocycles. The second-order valence-electron chi connectivity index (χ2n) is 6.19. The Labute approximate surface area is 130 Å². The van der Waals surface area contributed by atoms with Gasteiger partial charge >= 0.3 is 6.03 Å². The van der Waals surface area contributed by atoms with Crippen LogP contribution in [0.5, 0.6) is 0 Å². The molecule has 6 nitrogen and oxygen atoms in total. The summed E-state index contributed by atoms with van der Waals surface area (Å²) in [4.78, 5) is 31.1. The van der Waals surface area contributed by atoms with Crippen LogP contribution in [0.15, 0.2) is 18.5 Å². The molecule has 1 aliphatic carbocycles. The number of rotatable bonds is 3. The molecule has 1 aromatic rings. The summed E-state index contributed by atoms with van der Waals surface area (Å²) < 4.78 is 0. The lowest BCUT2D eigenvalue weighted by Gasteiger charge is -2.35. The highest BCUT2D eigenvalue weighted by Crippen LogP contribution is 2.18. The monoisotopic (exact) mass is 304 g/mol. The van der Waals surface area contributed by atoms with Gasteiger partial charge in [0.1, 0.15) is 0 Å². The van der Waals surface area contributed by atoms with Crippen LogP contribution in [0.2, 0.25) is 0 Å². The standard InChI is InChI=1S/C16H24N4O2/c21-15(11-13-5-6-17-12-13)19-7-9-20(10-8-19)16(22)18-14-3-1-2-4-14/h5-6,12,14,17H,1-4,7-11H2,(H,18,22). The quantitative estimate of drug-likeness (QED) is 0.885. The molecular formula is C16H24N4O2. The van der Waals surface area contributed by atoms with Crippen molar-refractivity contribution in [2.75, 3.05) is 26.2 Å². The van der Waals surface area contributed by atoms with Crippen molar-refractivity contribution in [1.29, 1.82) is 0 Å². The number of nitrogens with zero attached hydrogens (tertiary/aromatic N) is 2. The van der Waals surface area contributed by atoms with Gasteiger partial charge in [0.2, 0.25) is 5.91 Å². The number of piperazine rings is 1. The first-order valence-electron chi connectivity index (χ1n) is 8.17. The Kier molecular flexibility index (Phi) is 4.65. The molecule has 2 aliphatic rings. The number of carbonyl (C=O) groups is 2. The van der Waals surface area contributed by atoms with Crippen molar-refractivity contribution in [2.24, 2.45) is 0 Å². The predicted molar refractivity (Wildman–Crippen MR) is 83.4 cm³/mol. The van der Waals surface area contributed by atoms with Gasteiger partial charge in [-0.05, 0) is 24.5 Å². The molecule has 22 heavy (non-hydrogen) atoms. The fourth-order valence-corrected chi connectivity index (χ4v) is 3.25. The number of aromatic nitrogens is 1. The van der Waals surface area contributed by atoms with Gasteiger partial charge in [0.05, 0.1) is 6.42 Å². The third kappa shape index (κ3) is 3.61. The Bertz CT molecular complexity index is 500. The Morgan fingerprint density at radius 2 is 1.82 bits per heavy atom. The van der Waals surface area contributed by atoms with Gasteiger partial charge in [-0.2, -0.15) is 0 Å². The number of carbonyl (C=O) groups excluding carboxylic acids is 2. The molecule has 2 fully saturated rings. The molecule has 0 unspecified atom stereocenters. The molecule has 6 heteroatoms. The van der Waals surface area contributed by atoms with Gasteiger partial charge in [-0.1, -0.05) is 12.8 Å². The summed E-state index contributed by atoms with van der Waals surface area (Å²) in [5, 5.41) is 3.11. The Morgan fingerprint density at radius 1 is 1.14 bits per heavy atom. The number of H-pyrrole nitrogens is 1. The summed E-state index contributed by atoms with van der Waals surface area (Å²) in [5.74, 6) is 0.135. The van der Waals surface area contributed by atoms with E-state index in [-0.39, 0.29) is 11.9 Å². The molecule has 1 saturated heterocycles. The number of nitrogens with one attached hydrogen (secondary N) is 2. The molecule has 1 saturated carbocycles. The molecule has 0 aromatic carbocycles. The van der Waals surface area contributed by atoms with Gasteiger partial charge in [-0.3, -0.25) is 4.79 Å². The minimum atomic E-state index is 0.0321. The zero-order valence-corrected chi connectivity index (χ0v) is 12.9. The fraction of sp³-hybridized carbons (Fsp3) is 0.625. The highest BCUT2D eigenvalue weighted by atomic mass is 16.2. The maximum Gasteiger partial charge on any atom is 0.317 e. The number of hydrogen-bond acceptors (Lipinski definition) is 2. The Balaban J connectivity index is 1.43. The van der Waals surface area contributed by atoms with Gasteiger partial charge in [0.15, 0.2) is 0 Å². The van der Waals surface area contributed by atoms with Crippen LogP contribution in [0, 0.1) is 0 Å². The lowest BCUT2D eigenvalue weighted by atomic mass is 10.2. The minimum absolute atomic E-state index is 0.0321. The summed E-state index contributed by atoms with van der Waals surface area (Å²) in [7, 11) is 0. The van der Waals surface area contributed by atoms with Crippen molar-refractivity contribution >= 4 is 11.9 Å². The second-order valence-corrected chi connectivity index (χ2v) is 6.19. The van der Waals surface area contributed by atoms with Crippen LogP contribution >= 0.6 is 0 Å². The molecule has 0 radical (unpaired) electrons. The van der Waals surface area contributed by atoms with E-state index in [2.05, 4.69) is 10.3 Å². The van der Waals surface area contributed by atoms with E-state index in [1.807, 2.05) is 28.3 Å². The van der Waals surface area contributed by atoms with Crippen LogP contribution in [0.3, 0.4) is 0 Å². The largest absolute Gasteiger partial charge is 0.367 e. The zero-order valence-electron chi connectivity index (χ0n) is 12.9. The number of hydrogen-bond donors (Lipinski definition) is 2. The fourth-order valence-electron chi connectivity index (χ4n) is 3.25. The summed E-state index contributed by atoms with van der Waals surface area (Å²) in [6.45, 7) is 2.50. The first kappa shape index (κ1) is 14.9. The van der Waals surface area contributed by atoms with E-state index < -0.39 is 0 Å². The van der Waals surface area contributed by atoms with E-state index in [9.17, 15) is 9.59 Å². The second kappa shape index (κ2) is 6.85. The van der Waals surface area contributed by atoms with E-state index in [0.717, 1.165) is 18.4 Å². The minimum Gasteiger partial charge on any atom is -0.367 e. The Hall–Kier alpha value is -1.98. The number of amides is 3. The van der Waals surface area contributed by atoms with Gasteiger partial charge in [0, 0.05) is 44.6 Å². The van der Waals surface area contributed by atoms with Crippen LogP contribution in [0.4, 0.5) is 4.79 Å². The van der Waals surface area contributed by atoms with E-state index in [1.54, 1.807) is 0 Å². The molecule has 2 heterocycles. The zero-order chi connectivity index (χ0) is 15.4. The lowest BCUT2D eigenvalue weighted by Crippen LogP contribution is -2.54. The normalized spacial score (nSPS) is 19.5. The van der Waals surface area contributed by atoms with Crippen LogP contribution in [0.1, 0.15) is 31.2 Å². The Morgan fingerprint density at radius 3 is 2.45 bits per heavy atom. The lowest BCUT2D eigenvalue weighted by molar-refractivity contribution is -0.131. The molecule has 120 valence electrons. The SMILES string of the molecule is O=C(Cc1cc[nH]c1)N1CCN(C(=O)NC2CCCC2)CC1. The van der Waals surface area contributed by atoms with Crippen LogP contribution < -0.4 is 5.32 Å². The van der Waals surface area contributed by atoms with Crippen molar-refractivity contribution in [3.63, 3.8) is 0 Å². The topological polar surface area (TPSA) is 68.4 Å². The maximum atomic E-state index is 12.2. The third-order valence-electron chi connectivity index (χ3n) is 4.62. The summed E-state index contributed by atoms with van der Waals surface area (Å²) in [5.41, 5.74) is 1.01. The maximum absolute atomic E-state index is 12.2. The summed E-state index contributed by atoms with van der Waals surface area (Å²) in [6, 6.07) is 2.30. The number of urea groups is 1. The molecule has 0 bridgehead atoms.